The number of hydrogen-bond donors (Lipinski definition) is 2. The Morgan fingerprint density at radius 3 is 2.77 bits per heavy atom. The molecular formula is C9H18N2O2. The van der Waals surface area contributed by atoms with Crippen LogP contribution < -0.4 is 5.73 Å². The van der Waals surface area contributed by atoms with Crippen molar-refractivity contribution in [2.75, 3.05) is 0 Å². The van der Waals surface area contributed by atoms with Gasteiger partial charge in [0, 0.05) is 6.42 Å². The van der Waals surface area contributed by atoms with Gasteiger partial charge < -0.3 is 15.7 Å². The van der Waals surface area contributed by atoms with E-state index in [4.69, 9.17) is 15.7 Å². The van der Waals surface area contributed by atoms with Crippen molar-refractivity contribution in [1.82, 2.24) is 0 Å². The van der Waals surface area contributed by atoms with Crippen molar-refractivity contribution in [3.63, 3.8) is 0 Å². The van der Waals surface area contributed by atoms with E-state index in [0.29, 0.717) is 12.5 Å². The Hall–Kier alpha value is -0.770. The van der Waals surface area contributed by atoms with E-state index in [9.17, 15) is 0 Å². The van der Waals surface area contributed by atoms with Gasteiger partial charge in [-0.05, 0) is 25.7 Å². The number of hydrogen-bond acceptors (Lipinski definition) is 3. The van der Waals surface area contributed by atoms with Gasteiger partial charge in [-0.15, -0.1) is 0 Å². The van der Waals surface area contributed by atoms with Crippen LogP contribution in [-0.4, -0.2) is 23.3 Å². The smallest absolute Gasteiger partial charge is 0.141 e. The molecule has 0 aromatic rings. The van der Waals surface area contributed by atoms with E-state index in [2.05, 4.69) is 5.16 Å². The molecule has 0 aromatic carbocycles. The summed E-state index contributed by atoms with van der Waals surface area (Å²) in [6, 6.07) is 0. The van der Waals surface area contributed by atoms with Crippen molar-refractivity contribution in [1.29, 1.82) is 0 Å². The van der Waals surface area contributed by atoms with Crippen molar-refractivity contribution in [2.45, 2.75) is 51.2 Å². The number of rotatable bonds is 5. The maximum atomic E-state index is 8.39. The molecule has 1 saturated carbocycles. The Bertz CT molecular complexity index is 178. The van der Waals surface area contributed by atoms with Gasteiger partial charge in [-0.25, -0.2) is 0 Å². The highest BCUT2D eigenvalue weighted by Gasteiger charge is 2.22. The summed E-state index contributed by atoms with van der Waals surface area (Å²) in [6.45, 7) is 2.05. The minimum atomic E-state index is 0.112. The third-order valence-electron chi connectivity index (χ3n) is 2.46. The second-order valence-corrected chi connectivity index (χ2v) is 3.51. The molecular weight excluding hydrogens is 168 g/mol. The molecule has 1 unspecified atom stereocenters. The molecule has 0 amide bonds. The Morgan fingerprint density at radius 1 is 1.69 bits per heavy atom. The molecule has 0 aliphatic heterocycles. The first-order valence-electron chi connectivity index (χ1n) is 4.88. The van der Waals surface area contributed by atoms with Crippen molar-refractivity contribution >= 4 is 5.84 Å². The quantitative estimate of drug-likeness (QED) is 0.296. The predicted octanol–water partition coefficient (Wildman–Crippen LogP) is 1.47. The van der Waals surface area contributed by atoms with E-state index >= 15 is 0 Å². The van der Waals surface area contributed by atoms with Crippen LogP contribution in [-0.2, 0) is 4.74 Å². The topological polar surface area (TPSA) is 67.8 Å². The number of nitrogens with zero attached hydrogens (tertiary/aromatic N) is 1. The van der Waals surface area contributed by atoms with Crippen molar-refractivity contribution in [2.24, 2.45) is 10.9 Å². The van der Waals surface area contributed by atoms with Crippen LogP contribution >= 0.6 is 0 Å². The fraction of sp³-hybridized carbons (Fsp3) is 0.889. The van der Waals surface area contributed by atoms with E-state index < -0.39 is 0 Å². The molecule has 1 rings (SSSR count). The van der Waals surface area contributed by atoms with Crippen LogP contribution in [0.2, 0.25) is 0 Å². The summed E-state index contributed by atoms with van der Waals surface area (Å²) >= 11 is 0. The zero-order chi connectivity index (χ0) is 9.68. The van der Waals surface area contributed by atoms with Crippen LogP contribution in [0.25, 0.3) is 0 Å². The van der Waals surface area contributed by atoms with Gasteiger partial charge in [0.05, 0.1) is 12.2 Å². The first kappa shape index (κ1) is 10.3. The van der Waals surface area contributed by atoms with Gasteiger partial charge in [0.15, 0.2) is 0 Å². The molecule has 0 saturated heterocycles. The normalized spacial score (nSPS) is 21.2. The SMILES string of the molecule is CCC(CC(N)=NO)OC1CCC1. The first-order chi connectivity index (χ1) is 6.26. The molecule has 4 nitrogen and oxygen atoms in total. The Labute approximate surface area is 78.7 Å². The van der Waals surface area contributed by atoms with Crippen LogP contribution in [0.3, 0.4) is 0 Å². The highest BCUT2D eigenvalue weighted by molar-refractivity contribution is 5.80. The summed E-state index contributed by atoms with van der Waals surface area (Å²) in [4.78, 5) is 0. The Balaban J connectivity index is 2.24. The number of amidine groups is 1. The van der Waals surface area contributed by atoms with E-state index in [1.54, 1.807) is 0 Å². The van der Waals surface area contributed by atoms with E-state index in [1.165, 1.54) is 6.42 Å². The maximum Gasteiger partial charge on any atom is 0.141 e. The van der Waals surface area contributed by atoms with E-state index in [-0.39, 0.29) is 11.9 Å². The summed E-state index contributed by atoms with van der Waals surface area (Å²) in [7, 11) is 0. The van der Waals surface area contributed by atoms with E-state index in [1.807, 2.05) is 6.92 Å². The second-order valence-electron chi connectivity index (χ2n) is 3.51. The standard InChI is InChI=1S/C9H18N2O2/c1-2-7(6-9(10)11-12)13-8-4-3-5-8/h7-8,12H,2-6H2,1H3,(H2,10,11). The van der Waals surface area contributed by atoms with Crippen molar-refractivity contribution in [3.8, 4) is 0 Å². The van der Waals surface area contributed by atoms with Crippen LogP contribution in [0.1, 0.15) is 39.0 Å². The molecule has 76 valence electrons. The number of oxime groups is 1. The molecule has 0 aromatic heterocycles. The molecule has 0 radical (unpaired) electrons. The van der Waals surface area contributed by atoms with Crippen molar-refractivity contribution < 1.29 is 9.94 Å². The predicted molar refractivity (Wildman–Crippen MR) is 50.8 cm³/mol. The zero-order valence-corrected chi connectivity index (χ0v) is 8.07. The van der Waals surface area contributed by atoms with Gasteiger partial charge in [0.1, 0.15) is 5.84 Å². The highest BCUT2D eigenvalue weighted by atomic mass is 16.5. The average Bonchev–Trinajstić information content (AvgIpc) is 2.08. The first-order valence-corrected chi connectivity index (χ1v) is 4.88. The lowest BCUT2D eigenvalue weighted by Crippen LogP contribution is -2.30. The summed E-state index contributed by atoms with van der Waals surface area (Å²) in [6.07, 6.45) is 5.55. The summed E-state index contributed by atoms with van der Waals surface area (Å²) < 4.78 is 5.74. The number of ether oxygens (including phenoxy) is 1. The summed E-state index contributed by atoms with van der Waals surface area (Å²) in [5, 5.41) is 11.3. The van der Waals surface area contributed by atoms with Crippen LogP contribution in [0.4, 0.5) is 0 Å². The summed E-state index contributed by atoms with van der Waals surface area (Å²) in [5.41, 5.74) is 5.40. The second kappa shape index (κ2) is 5.07. The fourth-order valence-corrected chi connectivity index (χ4v) is 1.34. The Morgan fingerprint density at radius 2 is 2.38 bits per heavy atom. The molecule has 4 heteroatoms. The molecule has 13 heavy (non-hydrogen) atoms. The minimum Gasteiger partial charge on any atom is -0.409 e. The van der Waals surface area contributed by atoms with Gasteiger partial charge in [-0.2, -0.15) is 0 Å². The van der Waals surface area contributed by atoms with Crippen LogP contribution in [0.5, 0.6) is 0 Å². The molecule has 1 atom stereocenters. The fourth-order valence-electron chi connectivity index (χ4n) is 1.34. The van der Waals surface area contributed by atoms with Crippen LogP contribution in [0, 0.1) is 0 Å². The van der Waals surface area contributed by atoms with Crippen LogP contribution in [0.15, 0.2) is 5.16 Å². The molecule has 1 fully saturated rings. The lowest BCUT2D eigenvalue weighted by molar-refractivity contribution is -0.0492. The molecule has 0 bridgehead atoms. The molecule has 0 spiro atoms. The third-order valence-corrected chi connectivity index (χ3v) is 2.46. The zero-order valence-electron chi connectivity index (χ0n) is 8.07. The third kappa shape index (κ3) is 3.22. The van der Waals surface area contributed by atoms with Gasteiger partial charge in [-0.3, -0.25) is 0 Å². The number of nitrogens with two attached hydrogens (primary N) is 1. The highest BCUT2D eigenvalue weighted by Crippen LogP contribution is 2.24. The lowest BCUT2D eigenvalue weighted by Gasteiger charge is -2.29. The van der Waals surface area contributed by atoms with Crippen molar-refractivity contribution in [3.05, 3.63) is 0 Å². The van der Waals surface area contributed by atoms with Gasteiger partial charge in [0.25, 0.3) is 0 Å². The monoisotopic (exact) mass is 186 g/mol. The Kier molecular flexibility index (Phi) is 4.02. The van der Waals surface area contributed by atoms with E-state index in [0.717, 1.165) is 19.3 Å². The average molecular weight is 186 g/mol. The van der Waals surface area contributed by atoms with Gasteiger partial charge >= 0.3 is 0 Å². The molecule has 1 aliphatic carbocycles. The largest absolute Gasteiger partial charge is 0.409 e. The molecule has 3 N–H and O–H groups in total. The summed E-state index contributed by atoms with van der Waals surface area (Å²) in [5.74, 6) is 0.256. The maximum absolute atomic E-state index is 8.39. The minimum absolute atomic E-state index is 0.112. The van der Waals surface area contributed by atoms with Gasteiger partial charge in [-0.1, -0.05) is 12.1 Å². The molecule has 1 aliphatic rings. The lowest BCUT2D eigenvalue weighted by atomic mass is 9.96. The van der Waals surface area contributed by atoms with Gasteiger partial charge in [0.2, 0.25) is 0 Å². The molecule has 0 heterocycles.